The van der Waals surface area contributed by atoms with Gasteiger partial charge in [0.05, 0.1) is 0 Å². The summed E-state index contributed by atoms with van der Waals surface area (Å²) >= 11 is 0. The third-order valence-corrected chi connectivity index (χ3v) is 0.933. The Morgan fingerprint density at radius 3 is 2.43 bits per heavy atom. The summed E-state index contributed by atoms with van der Waals surface area (Å²) in [6.07, 6.45) is 3.75. The Morgan fingerprint density at radius 1 is 1.86 bits per heavy atom. The molecule has 37 valence electrons. The Hall–Kier alpha value is 0.804. The zero-order chi connectivity index (χ0) is 4.41. The van der Waals surface area contributed by atoms with Gasteiger partial charge in [-0.05, 0) is 0 Å². The van der Waals surface area contributed by atoms with Crippen LogP contribution in [-0.4, -0.2) is 12.6 Å². The molecular formula is C5H7NY-2. The molecule has 0 bridgehead atoms. The second-order valence-electron chi connectivity index (χ2n) is 1.36. The maximum absolute atomic E-state index is 5.12. The topological polar surface area (TPSA) is 12.0 Å². The van der Waals surface area contributed by atoms with Crippen LogP contribution in [0.15, 0.2) is 6.08 Å². The predicted molar refractivity (Wildman–Crippen MR) is 25.0 cm³/mol. The second kappa shape index (κ2) is 3.76. The summed E-state index contributed by atoms with van der Waals surface area (Å²) in [5.41, 5.74) is 0. The first-order valence-electron chi connectivity index (χ1n) is 2.05. The van der Waals surface area contributed by atoms with Crippen molar-refractivity contribution >= 4 is 0 Å². The van der Waals surface area contributed by atoms with E-state index in [1.54, 1.807) is 6.08 Å². The molecule has 1 saturated heterocycles. The Kier molecular flexibility index (Phi) is 4.20. The Bertz CT molecular complexity index is 59.1. The SMILES string of the molecule is [CH-]=CC1[CH-]CN1.[Y]. The van der Waals surface area contributed by atoms with Crippen LogP contribution >= 0.6 is 0 Å². The number of hydrogen-bond donors (Lipinski definition) is 1. The molecule has 1 atom stereocenters. The van der Waals surface area contributed by atoms with Crippen molar-refractivity contribution in [1.29, 1.82) is 0 Å². The summed E-state index contributed by atoms with van der Waals surface area (Å²) in [4.78, 5) is 0. The van der Waals surface area contributed by atoms with Gasteiger partial charge in [0.1, 0.15) is 0 Å². The van der Waals surface area contributed by atoms with Crippen molar-refractivity contribution in [3.05, 3.63) is 19.1 Å². The van der Waals surface area contributed by atoms with Gasteiger partial charge in [-0.3, -0.25) is 12.5 Å². The van der Waals surface area contributed by atoms with Crippen molar-refractivity contribution in [2.45, 2.75) is 6.04 Å². The van der Waals surface area contributed by atoms with E-state index < -0.39 is 0 Å². The Morgan fingerprint density at radius 2 is 2.43 bits per heavy atom. The van der Waals surface area contributed by atoms with E-state index in [2.05, 4.69) is 11.7 Å². The third-order valence-electron chi connectivity index (χ3n) is 0.933. The molecule has 0 aromatic rings. The third kappa shape index (κ3) is 2.03. The maximum Gasteiger partial charge on any atom is 0 e. The monoisotopic (exact) mass is 170 g/mol. The van der Waals surface area contributed by atoms with Gasteiger partial charge in [-0.15, -0.1) is 12.6 Å². The molecule has 1 fully saturated rings. The van der Waals surface area contributed by atoms with Gasteiger partial charge in [-0.1, -0.05) is 0 Å². The molecule has 1 nitrogen and oxygen atoms in total. The molecule has 0 aromatic carbocycles. The van der Waals surface area contributed by atoms with Crippen molar-refractivity contribution in [3.8, 4) is 0 Å². The van der Waals surface area contributed by atoms with Crippen molar-refractivity contribution in [2.24, 2.45) is 0 Å². The van der Waals surface area contributed by atoms with Gasteiger partial charge < -0.3 is 11.9 Å². The van der Waals surface area contributed by atoms with Crippen molar-refractivity contribution < 1.29 is 32.7 Å². The van der Waals surface area contributed by atoms with Crippen LogP contribution in [0, 0.1) is 13.0 Å². The molecule has 1 N–H and O–H groups in total. The molecular weight excluding hydrogens is 163 g/mol. The van der Waals surface area contributed by atoms with Gasteiger partial charge >= 0.3 is 0 Å². The largest absolute Gasteiger partial charge is 0.519 e. The first kappa shape index (κ1) is 7.80. The summed E-state index contributed by atoms with van der Waals surface area (Å²) in [5.74, 6) is 0. The van der Waals surface area contributed by atoms with Gasteiger partial charge in [0.15, 0.2) is 0 Å². The van der Waals surface area contributed by atoms with Crippen molar-refractivity contribution in [1.82, 2.24) is 5.32 Å². The Balaban J connectivity index is 0.000000360. The molecule has 0 spiro atoms. The smallest absolute Gasteiger partial charge is 0 e. The van der Waals surface area contributed by atoms with E-state index in [1.165, 1.54) is 0 Å². The molecule has 1 heterocycles. The summed E-state index contributed by atoms with van der Waals surface area (Å²) < 4.78 is 0. The zero-order valence-electron chi connectivity index (χ0n) is 4.09. The van der Waals surface area contributed by atoms with Gasteiger partial charge in [-0.2, -0.15) is 0 Å². The van der Waals surface area contributed by atoms with Crippen LogP contribution in [0.3, 0.4) is 0 Å². The minimum atomic E-state index is 0. The summed E-state index contributed by atoms with van der Waals surface area (Å²) in [6.45, 7) is 6.13. The summed E-state index contributed by atoms with van der Waals surface area (Å²) in [5, 5.41) is 3.06. The molecule has 1 aliphatic heterocycles. The fourth-order valence-electron chi connectivity index (χ4n) is 0.401. The number of hydrogen-bond acceptors (Lipinski definition) is 1. The van der Waals surface area contributed by atoms with E-state index in [-0.39, 0.29) is 32.7 Å². The molecule has 0 aromatic heterocycles. The molecule has 1 aliphatic rings. The minimum Gasteiger partial charge on any atom is -0.519 e. The fourth-order valence-corrected chi connectivity index (χ4v) is 0.401. The van der Waals surface area contributed by atoms with Gasteiger partial charge in [0, 0.05) is 32.7 Å². The molecule has 0 aliphatic carbocycles. The molecule has 0 amide bonds. The average molecular weight is 170 g/mol. The van der Waals surface area contributed by atoms with E-state index in [0.29, 0.717) is 6.04 Å². The maximum atomic E-state index is 5.12. The molecule has 1 unspecified atom stereocenters. The van der Waals surface area contributed by atoms with Gasteiger partial charge in [-0.25, -0.2) is 0 Å². The molecule has 2 heteroatoms. The van der Waals surface area contributed by atoms with Crippen LogP contribution in [-0.2, 0) is 32.7 Å². The number of nitrogens with one attached hydrogen (secondary N) is 1. The Labute approximate surface area is 69.4 Å². The second-order valence-corrected chi connectivity index (χ2v) is 1.36. The van der Waals surface area contributed by atoms with Crippen LogP contribution in [0.25, 0.3) is 0 Å². The van der Waals surface area contributed by atoms with E-state index in [9.17, 15) is 0 Å². The van der Waals surface area contributed by atoms with Crippen LogP contribution in [0.2, 0.25) is 0 Å². The van der Waals surface area contributed by atoms with Crippen LogP contribution < -0.4 is 5.32 Å². The quantitative estimate of drug-likeness (QED) is 0.552. The minimum absolute atomic E-state index is 0. The molecule has 0 saturated carbocycles. The van der Waals surface area contributed by atoms with Gasteiger partial charge in [0.25, 0.3) is 0 Å². The van der Waals surface area contributed by atoms with Gasteiger partial charge in [0.2, 0.25) is 0 Å². The molecule has 1 radical (unpaired) electrons. The van der Waals surface area contributed by atoms with E-state index in [1.807, 2.05) is 0 Å². The first-order chi connectivity index (χ1) is 2.93. The summed E-state index contributed by atoms with van der Waals surface area (Å²) in [7, 11) is 0. The van der Waals surface area contributed by atoms with Crippen LogP contribution in [0.4, 0.5) is 0 Å². The molecule has 7 heavy (non-hydrogen) atoms. The van der Waals surface area contributed by atoms with Crippen LogP contribution in [0.5, 0.6) is 0 Å². The van der Waals surface area contributed by atoms with Crippen LogP contribution in [0.1, 0.15) is 0 Å². The summed E-state index contributed by atoms with van der Waals surface area (Å²) in [6, 6.07) is 0.394. The zero-order valence-corrected chi connectivity index (χ0v) is 6.93. The van der Waals surface area contributed by atoms with E-state index in [4.69, 9.17) is 6.58 Å². The van der Waals surface area contributed by atoms with E-state index >= 15 is 0 Å². The van der Waals surface area contributed by atoms with E-state index in [0.717, 1.165) is 6.54 Å². The normalized spacial score (nSPS) is 27.1. The fraction of sp³-hybridized carbons (Fsp3) is 0.400. The standard InChI is InChI=1S/C5H7N.Y/c1-2-5-3-4-6-5;/h1-3,5-6H,4H2;/q-2;. The number of rotatable bonds is 1. The van der Waals surface area contributed by atoms with Crippen molar-refractivity contribution in [2.75, 3.05) is 6.54 Å². The molecule has 1 rings (SSSR count). The predicted octanol–water partition coefficient (Wildman–Crippen LogP) is 0.149. The average Bonchev–Trinajstić information content (AvgIpc) is 1.31. The van der Waals surface area contributed by atoms with Crippen molar-refractivity contribution in [3.63, 3.8) is 0 Å². The first-order valence-corrected chi connectivity index (χ1v) is 2.05.